The molecule has 1 aromatic carbocycles. The molecule has 0 amide bonds. The molecule has 1 rings (SSSR count). The molecule has 1 aromatic rings. The van der Waals surface area contributed by atoms with Gasteiger partial charge in [0.05, 0.1) is 11.8 Å². The molecule has 0 radical (unpaired) electrons. The predicted octanol–water partition coefficient (Wildman–Crippen LogP) is 2.56. The number of nitrogens with zero attached hydrogens (tertiary/aromatic N) is 2. The zero-order chi connectivity index (χ0) is 8.97. The molecule has 0 heterocycles. The minimum absolute atomic E-state index is 0.552. The van der Waals surface area contributed by atoms with E-state index in [0.717, 1.165) is 10.0 Å². The molecule has 0 aliphatic heterocycles. The quantitative estimate of drug-likeness (QED) is 0.589. The molecular weight excluding hydrogens is 220 g/mol. The summed E-state index contributed by atoms with van der Waals surface area (Å²) in [6.07, 6.45) is 0. The van der Waals surface area contributed by atoms with E-state index in [1.54, 1.807) is 7.05 Å². The Morgan fingerprint density at radius 2 is 2.00 bits per heavy atom. The van der Waals surface area contributed by atoms with E-state index >= 15 is 0 Å². The van der Waals surface area contributed by atoms with E-state index in [4.69, 9.17) is 0 Å². The highest BCUT2D eigenvalue weighted by molar-refractivity contribution is 9.10. The van der Waals surface area contributed by atoms with Crippen LogP contribution in [0.4, 0.5) is 0 Å². The van der Waals surface area contributed by atoms with E-state index in [1.807, 2.05) is 24.3 Å². The number of halogens is 1. The van der Waals surface area contributed by atoms with Crippen LogP contribution in [0.15, 0.2) is 34.0 Å². The maximum Gasteiger partial charge on any atom is 0.0639 e. The van der Waals surface area contributed by atoms with Gasteiger partial charge in [-0.05, 0) is 17.7 Å². The van der Waals surface area contributed by atoms with Crippen molar-refractivity contribution >= 4 is 15.9 Å². The molecule has 12 heavy (non-hydrogen) atoms. The SMILES string of the molecule is CN(Cc1ccc(Br)cc1)N=O. The van der Waals surface area contributed by atoms with Crippen LogP contribution in [0.5, 0.6) is 0 Å². The molecule has 0 aliphatic rings. The molecule has 4 heteroatoms. The van der Waals surface area contributed by atoms with Crippen molar-refractivity contribution in [2.24, 2.45) is 5.29 Å². The number of nitroso groups, excluding NO2 is 1. The molecule has 64 valence electrons. The zero-order valence-electron chi connectivity index (χ0n) is 6.70. The summed E-state index contributed by atoms with van der Waals surface area (Å²) in [7, 11) is 1.65. The third-order valence-electron chi connectivity index (χ3n) is 1.46. The largest absolute Gasteiger partial charge is 0.260 e. The minimum atomic E-state index is 0.552. The summed E-state index contributed by atoms with van der Waals surface area (Å²) in [6, 6.07) is 7.78. The maximum absolute atomic E-state index is 10.0. The van der Waals surface area contributed by atoms with Crippen LogP contribution >= 0.6 is 15.9 Å². The second-order valence-electron chi connectivity index (χ2n) is 2.52. The fourth-order valence-corrected chi connectivity index (χ4v) is 1.15. The topological polar surface area (TPSA) is 32.7 Å². The third-order valence-corrected chi connectivity index (χ3v) is 1.99. The average molecular weight is 229 g/mol. The van der Waals surface area contributed by atoms with Crippen molar-refractivity contribution in [3.8, 4) is 0 Å². The Balaban J connectivity index is 2.64. The van der Waals surface area contributed by atoms with Crippen LogP contribution in [0.2, 0.25) is 0 Å². The van der Waals surface area contributed by atoms with Gasteiger partial charge in [-0.1, -0.05) is 28.1 Å². The maximum atomic E-state index is 10.0. The lowest BCUT2D eigenvalue weighted by Crippen LogP contribution is -2.08. The van der Waals surface area contributed by atoms with Crippen LogP contribution in [0.1, 0.15) is 5.56 Å². The fraction of sp³-hybridized carbons (Fsp3) is 0.250. The van der Waals surface area contributed by atoms with E-state index in [0.29, 0.717) is 6.54 Å². The van der Waals surface area contributed by atoms with Crippen molar-refractivity contribution in [3.63, 3.8) is 0 Å². The summed E-state index contributed by atoms with van der Waals surface area (Å²) in [6.45, 7) is 0.552. The molecule has 0 N–H and O–H groups in total. The number of hydrogen-bond acceptors (Lipinski definition) is 2. The lowest BCUT2D eigenvalue weighted by Gasteiger charge is -2.07. The van der Waals surface area contributed by atoms with Crippen LogP contribution in [0.25, 0.3) is 0 Å². The van der Waals surface area contributed by atoms with E-state index in [-0.39, 0.29) is 0 Å². The van der Waals surface area contributed by atoms with Crippen LogP contribution in [-0.4, -0.2) is 12.1 Å². The van der Waals surface area contributed by atoms with Crippen molar-refractivity contribution in [2.75, 3.05) is 7.05 Å². The molecule has 0 spiro atoms. The second kappa shape index (κ2) is 4.21. The van der Waals surface area contributed by atoms with Crippen molar-refractivity contribution in [2.45, 2.75) is 6.54 Å². The lowest BCUT2D eigenvalue weighted by molar-refractivity contribution is 0.342. The Labute approximate surface area is 79.5 Å². The number of rotatable bonds is 3. The molecule has 0 unspecified atom stereocenters. The van der Waals surface area contributed by atoms with Crippen molar-refractivity contribution < 1.29 is 0 Å². The molecule has 0 aliphatic carbocycles. The van der Waals surface area contributed by atoms with Gasteiger partial charge < -0.3 is 0 Å². The summed E-state index contributed by atoms with van der Waals surface area (Å²) in [4.78, 5) is 10.0. The van der Waals surface area contributed by atoms with Gasteiger partial charge in [-0.3, -0.25) is 5.01 Å². The zero-order valence-corrected chi connectivity index (χ0v) is 8.28. The number of benzene rings is 1. The summed E-state index contributed by atoms with van der Waals surface area (Å²) in [5, 5.41) is 4.13. The normalized spacial score (nSPS) is 9.50. The van der Waals surface area contributed by atoms with E-state index < -0.39 is 0 Å². The molecule has 3 nitrogen and oxygen atoms in total. The molecule has 0 aromatic heterocycles. The van der Waals surface area contributed by atoms with Gasteiger partial charge in [0.15, 0.2) is 0 Å². The van der Waals surface area contributed by atoms with Crippen LogP contribution in [0.3, 0.4) is 0 Å². The Morgan fingerprint density at radius 1 is 1.42 bits per heavy atom. The predicted molar refractivity (Wildman–Crippen MR) is 51.4 cm³/mol. The van der Waals surface area contributed by atoms with Gasteiger partial charge >= 0.3 is 0 Å². The minimum Gasteiger partial charge on any atom is -0.260 e. The highest BCUT2D eigenvalue weighted by Crippen LogP contribution is 2.11. The molecule has 0 bridgehead atoms. The lowest BCUT2D eigenvalue weighted by atomic mass is 10.2. The van der Waals surface area contributed by atoms with Crippen LogP contribution in [0, 0.1) is 4.91 Å². The van der Waals surface area contributed by atoms with E-state index in [1.165, 1.54) is 5.01 Å². The Bertz CT molecular complexity index is 260. The van der Waals surface area contributed by atoms with E-state index in [9.17, 15) is 4.91 Å². The third kappa shape index (κ3) is 2.62. The Morgan fingerprint density at radius 3 is 2.50 bits per heavy atom. The van der Waals surface area contributed by atoms with Crippen LogP contribution < -0.4 is 0 Å². The van der Waals surface area contributed by atoms with Gasteiger partial charge in [0.1, 0.15) is 0 Å². The van der Waals surface area contributed by atoms with Gasteiger partial charge in [-0.15, -0.1) is 4.91 Å². The highest BCUT2D eigenvalue weighted by atomic mass is 79.9. The fourth-order valence-electron chi connectivity index (χ4n) is 0.883. The highest BCUT2D eigenvalue weighted by Gasteiger charge is 1.96. The van der Waals surface area contributed by atoms with Crippen molar-refractivity contribution in [1.82, 2.24) is 5.01 Å². The first kappa shape index (κ1) is 9.19. The smallest absolute Gasteiger partial charge is 0.0639 e. The van der Waals surface area contributed by atoms with Gasteiger partial charge in [-0.2, -0.15) is 0 Å². The van der Waals surface area contributed by atoms with Gasteiger partial charge in [-0.25, -0.2) is 0 Å². The Hall–Kier alpha value is -0.900. The van der Waals surface area contributed by atoms with Crippen LogP contribution in [-0.2, 0) is 6.54 Å². The molecule has 0 saturated heterocycles. The second-order valence-corrected chi connectivity index (χ2v) is 3.44. The monoisotopic (exact) mass is 228 g/mol. The summed E-state index contributed by atoms with van der Waals surface area (Å²) >= 11 is 3.33. The van der Waals surface area contributed by atoms with Gasteiger partial charge in [0.2, 0.25) is 0 Å². The van der Waals surface area contributed by atoms with Gasteiger partial charge in [0.25, 0.3) is 0 Å². The number of hydrogen-bond donors (Lipinski definition) is 0. The first-order chi connectivity index (χ1) is 5.72. The van der Waals surface area contributed by atoms with Crippen molar-refractivity contribution in [3.05, 3.63) is 39.2 Å². The summed E-state index contributed by atoms with van der Waals surface area (Å²) in [5.74, 6) is 0. The first-order valence-electron chi connectivity index (χ1n) is 3.51. The molecule has 0 fully saturated rings. The Kier molecular flexibility index (Phi) is 3.22. The molecular formula is C8H9BrN2O. The standard InChI is InChI=1S/C8H9BrN2O/c1-11(10-12)6-7-2-4-8(9)5-3-7/h2-5H,6H2,1H3. The molecule has 0 saturated carbocycles. The first-order valence-corrected chi connectivity index (χ1v) is 4.30. The average Bonchev–Trinajstić information content (AvgIpc) is 2.09. The van der Waals surface area contributed by atoms with Crippen molar-refractivity contribution in [1.29, 1.82) is 0 Å². The molecule has 0 atom stereocenters. The van der Waals surface area contributed by atoms with Gasteiger partial charge in [0, 0.05) is 11.5 Å². The van der Waals surface area contributed by atoms with E-state index in [2.05, 4.69) is 21.2 Å². The summed E-state index contributed by atoms with van der Waals surface area (Å²) in [5.41, 5.74) is 1.07. The summed E-state index contributed by atoms with van der Waals surface area (Å²) < 4.78 is 1.04.